The van der Waals surface area contributed by atoms with Crippen LogP contribution >= 0.6 is 11.6 Å². The SMILES string of the molecule is CCOC(=O)c1cn(-c2cc(Cl)ncc2OC)nn1. The maximum Gasteiger partial charge on any atom is 0.360 e. The summed E-state index contributed by atoms with van der Waals surface area (Å²) in [7, 11) is 1.50. The number of pyridine rings is 1. The first-order valence-electron chi connectivity index (χ1n) is 5.45. The molecule has 0 amide bonds. The molecule has 8 heteroatoms. The molecule has 0 unspecified atom stereocenters. The summed E-state index contributed by atoms with van der Waals surface area (Å²) in [6, 6.07) is 1.56. The van der Waals surface area contributed by atoms with Crippen LogP contribution in [-0.4, -0.2) is 39.7 Å². The zero-order valence-electron chi connectivity index (χ0n) is 10.3. The van der Waals surface area contributed by atoms with Crippen LogP contribution in [0.1, 0.15) is 17.4 Å². The molecule has 0 N–H and O–H groups in total. The van der Waals surface area contributed by atoms with Gasteiger partial charge in [0.2, 0.25) is 0 Å². The molecule has 0 saturated heterocycles. The van der Waals surface area contributed by atoms with Crippen LogP contribution in [0.4, 0.5) is 0 Å². The van der Waals surface area contributed by atoms with Gasteiger partial charge < -0.3 is 9.47 Å². The average molecular weight is 283 g/mol. The van der Waals surface area contributed by atoms with Crippen molar-refractivity contribution < 1.29 is 14.3 Å². The third-order valence-electron chi connectivity index (χ3n) is 2.26. The number of methoxy groups -OCH3 is 1. The monoisotopic (exact) mass is 282 g/mol. The number of carbonyl (C=O) groups is 1. The van der Waals surface area contributed by atoms with E-state index in [-0.39, 0.29) is 17.5 Å². The van der Waals surface area contributed by atoms with E-state index in [1.54, 1.807) is 13.0 Å². The van der Waals surface area contributed by atoms with Crippen molar-refractivity contribution in [3.05, 3.63) is 29.3 Å². The number of aromatic nitrogens is 4. The third kappa shape index (κ3) is 2.82. The molecule has 7 nitrogen and oxygen atoms in total. The van der Waals surface area contributed by atoms with Gasteiger partial charge in [-0.25, -0.2) is 14.5 Å². The predicted octanol–water partition coefficient (Wildman–Crippen LogP) is 1.50. The molecule has 0 aliphatic heterocycles. The van der Waals surface area contributed by atoms with Crippen molar-refractivity contribution >= 4 is 17.6 Å². The zero-order valence-corrected chi connectivity index (χ0v) is 11.1. The summed E-state index contributed by atoms with van der Waals surface area (Å²) in [5, 5.41) is 7.86. The molecule has 100 valence electrons. The number of halogens is 1. The van der Waals surface area contributed by atoms with E-state index in [4.69, 9.17) is 21.1 Å². The van der Waals surface area contributed by atoms with Crippen LogP contribution in [0.2, 0.25) is 5.15 Å². The van der Waals surface area contributed by atoms with Gasteiger partial charge in [-0.15, -0.1) is 5.10 Å². The number of hydrogen-bond donors (Lipinski definition) is 0. The second kappa shape index (κ2) is 5.66. The first kappa shape index (κ1) is 13.3. The van der Waals surface area contributed by atoms with E-state index in [0.29, 0.717) is 11.4 Å². The lowest BCUT2D eigenvalue weighted by Gasteiger charge is -2.06. The van der Waals surface area contributed by atoms with Crippen LogP contribution in [0, 0.1) is 0 Å². The van der Waals surface area contributed by atoms with E-state index >= 15 is 0 Å². The van der Waals surface area contributed by atoms with Crippen molar-refractivity contribution in [3.8, 4) is 11.4 Å². The normalized spacial score (nSPS) is 10.3. The molecular formula is C11H11ClN4O3. The molecule has 2 aromatic heterocycles. The molecule has 19 heavy (non-hydrogen) atoms. The lowest BCUT2D eigenvalue weighted by Crippen LogP contribution is -2.04. The third-order valence-corrected chi connectivity index (χ3v) is 2.46. The van der Waals surface area contributed by atoms with E-state index in [1.807, 2.05) is 0 Å². The van der Waals surface area contributed by atoms with Gasteiger partial charge in [-0.1, -0.05) is 16.8 Å². The van der Waals surface area contributed by atoms with E-state index in [1.165, 1.54) is 24.2 Å². The molecule has 0 spiro atoms. The first-order chi connectivity index (χ1) is 9.15. The van der Waals surface area contributed by atoms with Crippen LogP contribution in [0.25, 0.3) is 5.69 Å². The topological polar surface area (TPSA) is 79.1 Å². The van der Waals surface area contributed by atoms with Crippen molar-refractivity contribution in [1.82, 2.24) is 20.0 Å². The standard InChI is InChI=1S/C11H11ClN4O3/c1-3-19-11(17)7-6-16(15-14-7)8-4-10(12)13-5-9(8)18-2/h4-6H,3H2,1-2H3. The van der Waals surface area contributed by atoms with Crippen LogP contribution < -0.4 is 4.74 Å². The number of ether oxygens (including phenoxy) is 2. The van der Waals surface area contributed by atoms with Gasteiger partial charge in [-0.3, -0.25) is 0 Å². The zero-order chi connectivity index (χ0) is 13.8. The molecule has 0 saturated carbocycles. The first-order valence-corrected chi connectivity index (χ1v) is 5.83. The fourth-order valence-electron chi connectivity index (χ4n) is 1.42. The number of esters is 1. The van der Waals surface area contributed by atoms with E-state index in [9.17, 15) is 4.79 Å². The molecule has 0 aliphatic carbocycles. The van der Waals surface area contributed by atoms with Crippen molar-refractivity contribution in [2.45, 2.75) is 6.92 Å². The number of rotatable bonds is 4. The van der Waals surface area contributed by atoms with Crippen LogP contribution in [0.15, 0.2) is 18.5 Å². The highest BCUT2D eigenvalue weighted by Crippen LogP contribution is 2.23. The smallest absolute Gasteiger partial charge is 0.360 e. The Kier molecular flexibility index (Phi) is 3.96. The summed E-state index contributed by atoms with van der Waals surface area (Å²) in [6.45, 7) is 1.99. The summed E-state index contributed by atoms with van der Waals surface area (Å²) >= 11 is 5.82. The van der Waals surface area contributed by atoms with Crippen molar-refractivity contribution in [2.24, 2.45) is 0 Å². The maximum absolute atomic E-state index is 11.5. The Bertz CT molecular complexity index is 599. The lowest BCUT2D eigenvalue weighted by molar-refractivity contribution is 0.0519. The van der Waals surface area contributed by atoms with Gasteiger partial charge in [-0.2, -0.15) is 0 Å². The highest BCUT2D eigenvalue weighted by Gasteiger charge is 2.15. The largest absolute Gasteiger partial charge is 0.493 e. The van der Waals surface area contributed by atoms with Gasteiger partial charge in [0.25, 0.3) is 0 Å². The highest BCUT2D eigenvalue weighted by molar-refractivity contribution is 6.29. The average Bonchev–Trinajstić information content (AvgIpc) is 2.88. The minimum atomic E-state index is -0.534. The van der Waals surface area contributed by atoms with Crippen LogP contribution in [-0.2, 0) is 4.74 Å². The maximum atomic E-state index is 11.5. The van der Waals surface area contributed by atoms with E-state index in [2.05, 4.69) is 15.3 Å². The van der Waals surface area contributed by atoms with E-state index < -0.39 is 5.97 Å². The summed E-state index contributed by atoms with van der Waals surface area (Å²) in [6.07, 6.45) is 2.90. The second-order valence-electron chi connectivity index (χ2n) is 3.45. The van der Waals surface area contributed by atoms with Crippen LogP contribution in [0.5, 0.6) is 5.75 Å². The Morgan fingerprint density at radius 1 is 1.53 bits per heavy atom. The molecule has 2 rings (SSSR count). The Labute approximate surface area is 114 Å². The van der Waals surface area contributed by atoms with Gasteiger partial charge >= 0.3 is 5.97 Å². The molecule has 2 aromatic rings. The van der Waals surface area contributed by atoms with Gasteiger partial charge in [0.15, 0.2) is 11.4 Å². The summed E-state index contributed by atoms with van der Waals surface area (Å²) < 4.78 is 11.4. The lowest BCUT2D eigenvalue weighted by atomic mass is 10.3. The molecule has 0 bridgehead atoms. The fraction of sp³-hybridized carbons (Fsp3) is 0.273. The van der Waals surface area contributed by atoms with Crippen molar-refractivity contribution in [1.29, 1.82) is 0 Å². The number of carbonyl (C=O) groups excluding carboxylic acids is 1. The Morgan fingerprint density at radius 3 is 3.00 bits per heavy atom. The molecule has 2 heterocycles. The summed E-state index contributed by atoms with van der Waals surface area (Å²) in [5.74, 6) is -0.0717. The van der Waals surface area contributed by atoms with Crippen molar-refractivity contribution in [3.63, 3.8) is 0 Å². The van der Waals surface area contributed by atoms with Gasteiger partial charge in [0.1, 0.15) is 10.8 Å². The minimum absolute atomic E-state index is 0.108. The Hall–Kier alpha value is -2.15. The summed E-state index contributed by atoms with van der Waals surface area (Å²) in [5.41, 5.74) is 0.641. The minimum Gasteiger partial charge on any atom is -0.493 e. The summed E-state index contributed by atoms with van der Waals surface area (Å²) in [4.78, 5) is 15.4. The fourth-order valence-corrected chi connectivity index (χ4v) is 1.58. The molecule has 0 fully saturated rings. The second-order valence-corrected chi connectivity index (χ2v) is 3.83. The van der Waals surface area contributed by atoms with Gasteiger partial charge in [0.05, 0.1) is 26.1 Å². The van der Waals surface area contributed by atoms with Gasteiger partial charge in [-0.05, 0) is 6.92 Å². The number of hydrogen-bond acceptors (Lipinski definition) is 6. The number of nitrogens with zero attached hydrogens (tertiary/aromatic N) is 4. The molecule has 0 aromatic carbocycles. The molecule has 0 radical (unpaired) electrons. The highest BCUT2D eigenvalue weighted by atomic mass is 35.5. The molecule has 0 atom stereocenters. The quantitative estimate of drug-likeness (QED) is 0.624. The van der Waals surface area contributed by atoms with E-state index in [0.717, 1.165) is 0 Å². The van der Waals surface area contributed by atoms with Gasteiger partial charge in [0, 0.05) is 6.07 Å². The van der Waals surface area contributed by atoms with Crippen LogP contribution in [0.3, 0.4) is 0 Å². The molecule has 0 aliphatic rings. The predicted molar refractivity (Wildman–Crippen MR) is 66.7 cm³/mol. The Balaban J connectivity index is 2.37. The van der Waals surface area contributed by atoms with Crippen molar-refractivity contribution in [2.75, 3.05) is 13.7 Å². The Morgan fingerprint density at radius 2 is 2.32 bits per heavy atom. The molecular weight excluding hydrogens is 272 g/mol.